The topological polar surface area (TPSA) is 72.0 Å². The number of fused-ring (bicyclic) bond motifs is 1. The van der Waals surface area contributed by atoms with Crippen LogP contribution in [0, 0.1) is 23.5 Å². The van der Waals surface area contributed by atoms with Crippen molar-refractivity contribution in [3.05, 3.63) is 60.4 Å². The number of nitrogens with zero attached hydrogens (tertiary/aromatic N) is 3. The number of hydrogen-bond acceptors (Lipinski definition) is 6. The summed E-state index contributed by atoms with van der Waals surface area (Å²) < 4.78 is 33.2. The smallest absolute Gasteiger partial charge is 0.166 e. The van der Waals surface area contributed by atoms with Crippen molar-refractivity contribution in [3.63, 3.8) is 0 Å². The number of pyridine rings is 1. The molecular weight excluding hydrogens is 364 g/mol. The quantitative estimate of drug-likeness (QED) is 0.703. The lowest BCUT2D eigenvalue weighted by Gasteiger charge is -2.13. The lowest BCUT2D eigenvalue weighted by atomic mass is 10.2. The molecule has 0 bridgehead atoms. The van der Waals surface area contributed by atoms with Gasteiger partial charge in [0.25, 0.3) is 0 Å². The van der Waals surface area contributed by atoms with Crippen LogP contribution in [0.5, 0.6) is 0 Å². The molecule has 0 amide bonds. The molecule has 142 valence electrons. The average molecular weight is 381 g/mol. The maximum atomic E-state index is 14.3. The normalized spacial score (nSPS) is 22.6. The molecule has 2 N–H and O–H groups in total. The van der Waals surface area contributed by atoms with Gasteiger partial charge in [-0.05, 0) is 12.1 Å². The van der Waals surface area contributed by atoms with Gasteiger partial charge in [-0.15, -0.1) is 0 Å². The van der Waals surface area contributed by atoms with E-state index in [0.29, 0.717) is 40.8 Å². The van der Waals surface area contributed by atoms with Crippen LogP contribution in [-0.4, -0.2) is 34.2 Å². The predicted octanol–water partition coefficient (Wildman–Crippen LogP) is 3.62. The fourth-order valence-electron chi connectivity index (χ4n) is 3.60. The van der Waals surface area contributed by atoms with Crippen molar-refractivity contribution in [2.45, 2.75) is 6.04 Å². The van der Waals surface area contributed by atoms with Gasteiger partial charge in [0.15, 0.2) is 5.82 Å². The van der Waals surface area contributed by atoms with Crippen molar-refractivity contribution in [3.8, 4) is 11.4 Å². The second-order valence-corrected chi connectivity index (χ2v) is 6.99. The molecule has 2 atom stereocenters. The Morgan fingerprint density at radius 2 is 1.75 bits per heavy atom. The van der Waals surface area contributed by atoms with Crippen LogP contribution in [-0.2, 0) is 4.74 Å². The molecule has 0 radical (unpaired) electrons. The minimum absolute atomic E-state index is 0.247. The standard InChI is InChI=1S/C20H17F2N5O/c21-11-5-12(8-23-7-11)24-17-6-18(25-19-14-9-28-10-15(14)19)27-20(26-17)13-3-1-2-4-16(13)22/h1-8,14-15,19H,9-10H2,(H2,24,25,26,27). The summed E-state index contributed by atoms with van der Waals surface area (Å²) in [6, 6.07) is 9.67. The van der Waals surface area contributed by atoms with E-state index in [1.54, 1.807) is 24.3 Å². The first-order valence-electron chi connectivity index (χ1n) is 9.03. The molecular formula is C20H17F2N5O. The van der Waals surface area contributed by atoms with Gasteiger partial charge in [-0.1, -0.05) is 12.1 Å². The monoisotopic (exact) mass is 381 g/mol. The molecule has 3 aromatic rings. The van der Waals surface area contributed by atoms with Gasteiger partial charge in [0.2, 0.25) is 0 Å². The van der Waals surface area contributed by atoms with Crippen molar-refractivity contribution in [1.82, 2.24) is 15.0 Å². The molecule has 5 rings (SSSR count). The highest BCUT2D eigenvalue weighted by molar-refractivity contribution is 5.65. The van der Waals surface area contributed by atoms with Crippen molar-refractivity contribution in [2.24, 2.45) is 11.8 Å². The first kappa shape index (κ1) is 17.0. The van der Waals surface area contributed by atoms with Crippen LogP contribution >= 0.6 is 0 Å². The largest absolute Gasteiger partial charge is 0.381 e. The molecule has 1 aliphatic heterocycles. The molecule has 28 heavy (non-hydrogen) atoms. The Bertz CT molecular complexity index is 1020. The zero-order valence-corrected chi connectivity index (χ0v) is 14.8. The number of hydrogen-bond donors (Lipinski definition) is 2. The Balaban J connectivity index is 1.49. The highest BCUT2D eigenvalue weighted by Gasteiger charge is 2.54. The average Bonchev–Trinajstić information content (AvgIpc) is 3.10. The fraction of sp³-hybridized carbons (Fsp3) is 0.250. The number of anilines is 3. The lowest BCUT2D eigenvalue weighted by Crippen LogP contribution is -2.14. The van der Waals surface area contributed by atoms with E-state index >= 15 is 0 Å². The predicted molar refractivity (Wildman–Crippen MR) is 100 cm³/mol. The summed E-state index contributed by atoms with van der Waals surface area (Å²) >= 11 is 0. The van der Waals surface area contributed by atoms with E-state index < -0.39 is 11.6 Å². The van der Waals surface area contributed by atoms with Gasteiger partial charge in [-0.25, -0.2) is 18.7 Å². The summed E-state index contributed by atoms with van der Waals surface area (Å²) in [6.45, 7) is 1.49. The Morgan fingerprint density at radius 3 is 2.54 bits per heavy atom. The molecule has 2 aromatic heterocycles. The number of nitrogens with one attached hydrogen (secondary N) is 2. The molecule has 2 fully saturated rings. The zero-order chi connectivity index (χ0) is 19.1. The van der Waals surface area contributed by atoms with E-state index in [1.807, 2.05) is 0 Å². The SMILES string of the molecule is Fc1cncc(Nc2cc(NC3C4COCC43)nc(-c3ccccc3F)n2)c1. The minimum Gasteiger partial charge on any atom is -0.381 e. The molecule has 0 spiro atoms. The summed E-state index contributed by atoms with van der Waals surface area (Å²) in [5.41, 5.74) is 0.742. The van der Waals surface area contributed by atoms with E-state index in [9.17, 15) is 8.78 Å². The van der Waals surface area contributed by atoms with Crippen LogP contribution in [0.3, 0.4) is 0 Å². The molecule has 2 unspecified atom stereocenters. The highest BCUT2D eigenvalue weighted by Crippen LogP contribution is 2.46. The summed E-state index contributed by atoms with van der Waals surface area (Å²) in [5.74, 6) is 1.35. The third-order valence-electron chi connectivity index (χ3n) is 5.08. The van der Waals surface area contributed by atoms with Crippen molar-refractivity contribution < 1.29 is 13.5 Å². The van der Waals surface area contributed by atoms with E-state index in [-0.39, 0.29) is 5.82 Å². The Kier molecular flexibility index (Phi) is 4.12. The zero-order valence-electron chi connectivity index (χ0n) is 14.8. The Labute approximate surface area is 160 Å². The second kappa shape index (κ2) is 6.79. The van der Waals surface area contributed by atoms with Gasteiger partial charge in [0, 0.05) is 30.0 Å². The number of aromatic nitrogens is 3. The molecule has 3 heterocycles. The summed E-state index contributed by atoms with van der Waals surface area (Å²) in [4.78, 5) is 12.7. The molecule has 2 aliphatic rings. The van der Waals surface area contributed by atoms with Gasteiger partial charge in [0.1, 0.15) is 23.3 Å². The highest BCUT2D eigenvalue weighted by atomic mass is 19.1. The first-order chi connectivity index (χ1) is 13.7. The Morgan fingerprint density at radius 1 is 0.964 bits per heavy atom. The van der Waals surface area contributed by atoms with Crippen LogP contribution in [0.25, 0.3) is 11.4 Å². The van der Waals surface area contributed by atoms with E-state index in [1.165, 1.54) is 18.3 Å². The number of halogens is 2. The fourth-order valence-corrected chi connectivity index (χ4v) is 3.60. The lowest BCUT2D eigenvalue weighted by molar-refractivity contribution is 0.162. The van der Waals surface area contributed by atoms with Gasteiger partial charge < -0.3 is 15.4 Å². The van der Waals surface area contributed by atoms with E-state index in [2.05, 4.69) is 25.6 Å². The van der Waals surface area contributed by atoms with E-state index in [0.717, 1.165) is 19.4 Å². The first-order valence-corrected chi connectivity index (χ1v) is 9.03. The van der Waals surface area contributed by atoms with Crippen LogP contribution in [0.1, 0.15) is 0 Å². The summed E-state index contributed by atoms with van der Waals surface area (Å²) in [6.07, 6.45) is 2.61. The van der Waals surface area contributed by atoms with Crippen molar-refractivity contribution >= 4 is 17.3 Å². The van der Waals surface area contributed by atoms with Crippen LogP contribution in [0.15, 0.2) is 48.8 Å². The number of ether oxygens (including phenoxy) is 1. The van der Waals surface area contributed by atoms with Gasteiger partial charge in [-0.2, -0.15) is 0 Å². The molecule has 1 aliphatic carbocycles. The number of rotatable bonds is 5. The maximum absolute atomic E-state index is 14.3. The van der Waals surface area contributed by atoms with Crippen LogP contribution in [0.2, 0.25) is 0 Å². The number of benzene rings is 1. The molecule has 8 heteroatoms. The van der Waals surface area contributed by atoms with Crippen LogP contribution in [0.4, 0.5) is 26.1 Å². The van der Waals surface area contributed by atoms with Crippen LogP contribution < -0.4 is 10.6 Å². The summed E-state index contributed by atoms with van der Waals surface area (Å²) in [5, 5.41) is 6.42. The summed E-state index contributed by atoms with van der Waals surface area (Å²) in [7, 11) is 0. The third-order valence-corrected chi connectivity index (χ3v) is 5.08. The molecule has 6 nitrogen and oxygen atoms in total. The van der Waals surface area contributed by atoms with Gasteiger partial charge in [0.05, 0.1) is 36.9 Å². The molecule has 1 aromatic carbocycles. The minimum atomic E-state index is -0.461. The second-order valence-electron chi connectivity index (χ2n) is 6.99. The third kappa shape index (κ3) is 3.27. The van der Waals surface area contributed by atoms with Crippen molar-refractivity contribution in [1.29, 1.82) is 0 Å². The molecule has 1 saturated heterocycles. The Hall–Kier alpha value is -3.13. The van der Waals surface area contributed by atoms with E-state index in [4.69, 9.17) is 4.74 Å². The van der Waals surface area contributed by atoms with Crippen molar-refractivity contribution in [2.75, 3.05) is 23.8 Å². The molecule has 1 saturated carbocycles. The maximum Gasteiger partial charge on any atom is 0.166 e. The van der Waals surface area contributed by atoms with Gasteiger partial charge in [-0.3, -0.25) is 4.98 Å². The van der Waals surface area contributed by atoms with Gasteiger partial charge >= 0.3 is 0 Å².